The lowest BCUT2D eigenvalue weighted by atomic mass is 9.91. The molecule has 2 heterocycles. The van der Waals surface area contributed by atoms with E-state index in [1.165, 1.54) is 0 Å². The van der Waals surface area contributed by atoms with E-state index < -0.39 is 21.2 Å². The van der Waals surface area contributed by atoms with Gasteiger partial charge in [-0.1, -0.05) is 18.2 Å². The molecule has 2 unspecified atom stereocenters. The van der Waals surface area contributed by atoms with E-state index in [-0.39, 0.29) is 18.1 Å². The molecule has 0 radical (unpaired) electrons. The van der Waals surface area contributed by atoms with Gasteiger partial charge >= 0.3 is 6.01 Å². The standard InChI is InChI=1S/C25H27N5O3S/c1-16(2)30-23-14-20(33-25-27-12-5-13-28-25)10-11-21(23)22(15-26)24(30)18-6-8-19(9-7-18)29-34(31,32)17(3)4/h5-14,16-17,22,24,29H,1-4H3. The van der Waals surface area contributed by atoms with E-state index in [4.69, 9.17) is 4.74 Å². The third-order valence-electron chi connectivity index (χ3n) is 5.81. The molecule has 3 aromatic rings. The van der Waals surface area contributed by atoms with Gasteiger partial charge in [-0.2, -0.15) is 5.26 Å². The van der Waals surface area contributed by atoms with Crippen LogP contribution in [-0.4, -0.2) is 29.7 Å². The average molecular weight is 478 g/mol. The number of nitrogens with one attached hydrogen (secondary N) is 1. The van der Waals surface area contributed by atoms with Gasteiger partial charge in [-0.15, -0.1) is 0 Å². The van der Waals surface area contributed by atoms with Crippen molar-refractivity contribution in [3.05, 3.63) is 72.1 Å². The fourth-order valence-corrected chi connectivity index (χ4v) is 4.82. The molecular weight excluding hydrogens is 450 g/mol. The normalized spacial score (nSPS) is 17.5. The minimum absolute atomic E-state index is 0.101. The number of benzene rings is 2. The molecule has 34 heavy (non-hydrogen) atoms. The molecule has 0 aliphatic carbocycles. The maximum atomic E-state index is 12.2. The van der Waals surface area contributed by atoms with E-state index in [9.17, 15) is 13.7 Å². The van der Waals surface area contributed by atoms with Crippen LogP contribution in [0.2, 0.25) is 0 Å². The van der Waals surface area contributed by atoms with Gasteiger partial charge in [0.25, 0.3) is 0 Å². The van der Waals surface area contributed by atoms with Gasteiger partial charge in [0.2, 0.25) is 10.0 Å². The van der Waals surface area contributed by atoms with Crippen LogP contribution < -0.4 is 14.4 Å². The number of hydrogen-bond acceptors (Lipinski definition) is 7. The smallest absolute Gasteiger partial charge is 0.321 e. The molecule has 0 bridgehead atoms. The van der Waals surface area contributed by atoms with Crippen LogP contribution in [0.25, 0.3) is 0 Å². The summed E-state index contributed by atoms with van der Waals surface area (Å²) in [4.78, 5) is 10.4. The summed E-state index contributed by atoms with van der Waals surface area (Å²) < 4.78 is 32.9. The van der Waals surface area contributed by atoms with Crippen LogP contribution in [0.15, 0.2) is 60.9 Å². The maximum Gasteiger partial charge on any atom is 0.321 e. The van der Waals surface area contributed by atoms with Gasteiger partial charge in [-0.3, -0.25) is 4.72 Å². The molecule has 9 heteroatoms. The Morgan fingerprint density at radius 3 is 2.32 bits per heavy atom. The molecule has 1 aliphatic rings. The fourth-order valence-electron chi connectivity index (χ4n) is 4.12. The molecule has 0 spiro atoms. The van der Waals surface area contributed by atoms with Crippen LogP contribution in [0.1, 0.15) is 50.8 Å². The van der Waals surface area contributed by atoms with E-state index in [0.29, 0.717) is 11.4 Å². The highest BCUT2D eigenvalue weighted by molar-refractivity contribution is 7.93. The van der Waals surface area contributed by atoms with E-state index in [1.807, 2.05) is 30.3 Å². The predicted molar refractivity (Wildman–Crippen MR) is 131 cm³/mol. The number of nitriles is 1. The molecule has 176 valence electrons. The van der Waals surface area contributed by atoms with Crippen molar-refractivity contribution in [2.75, 3.05) is 9.62 Å². The lowest BCUT2D eigenvalue weighted by Crippen LogP contribution is -2.33. The molecule has 1 N–H and O–H groups in total. The van der Waals surface area contributed by atoms with E-state index in [0.717, 1.165) is 16.8 Å². The third-order valence-corrected chi connectivity index (χ3v) is 7.57. The maximum absolute atomic E-state index is 12.2. The monoisotopic (exact) mass is 477 g/mol. The summed E-state index contributed by atoms with van der Waals surface area (Å²) in [5, 5.41) is 9.56. The third kappa shape index (κ3) is 4.54. The largest absolute Gasteiger partial charge is 0.424 e. The summed E-state index contributed by atoms with van der Waals surface area (Å²) in [6, 6.07) is 17.2. The van der Waals surface area contributed by atoms with Gasteiger partial charge in [-0.25, -0.2) is 18.4 Å². The first kappa shape index (κ1) is 23.5. The zero-order valence-corrected chi connectivity index (χ0v) is 20.3. The molecule has 4 rings (SSSR count). The Kier molecular flexibility index (Phi) is 6.44. The molecule has 1 aromatic heterocycles. The first-order valence-electron chi connectivity index (χ1n) is 11.1. The van der Waals surface area contributed by atoms with Gasteiger partial charge in [0.1, 0.15) is 5.75 Å². The highest BCUT2D eigenvalue weighted by Gasteiger charge is 2.41. The summed E-state index contributed by atoms with van der Waals surface area (Å²) in [5.74, 6) is 0.198. The second kappa shape index (κ2) is 9.31. The lowest BCUT2D eigenvalue weighted by Gasteiger charge is -2.33. The second-order valence-electron chi connectivity index (χ2n) is 8.72. The van der Waals surface area contributed by atoms with Crippen LogP contribution in [-0.2, 0) is 10.0 Å². The highest BCUT2D eigenvalue weighted by atomic mass is 32.2. The van der Waals surface area contributed by atoms with Crippen molar-refractivity contribution in [1.29, 1.82) is 5.26 Å². The summed E-state index contributed by atoms with van der Waals surface area (Å²) in [6.07, 6.45) is 3.23. The topological polar surface area (TPSA) is 108 Å². The highest BCUT2D eigenvalue weighted by Crippen LogP contribution is 2.51. The van der Waals surface area contributed by atoms with Crippen molar-refractivity contribution in [3.63, 3.8) is 0 Å². The molecule has 2 atom stereocenters. The van der Waals surface area contributed by atoms with Crippen LogP contribution in [0.3, 0.4) is 0 Å². The minimum Gasteiger partial charge on any atom is -0.424 e. The number of anilines is 2. The lowest BCUT2D eigenvalue weighted by molar-refractivity contribution is 0.441. The Balaban J connectivity index is 1.67. The summed E-state index contributed by atoms with van der Waals surface area (Å²) >= 11 is 0. The number of sulfonamides is 1. The molecule has 0 saturated heterocycles. The summed E-state index contributed by atoms with van der Waals surface area (Å²) in [7, 11) is -3.43. The van der Waals surface area contributed by atoms with E-state index in [2.05, 4.69) is 39.5 Å². The van der Waals surface area contributed by atoms with Crippen molar-refractivity contribution in [2.24, 2.45) is 0 Å². The second-order valence-corrected chi connectivity index (χ2v) is 11.0. The van der Waals surface area contributed by atoms with Crippen molar-refractivity contribution < 1.29 is 13.2 Å². The molecule has 2 aromatic carbocycles. The van der Waals surface area contributed by atoms with Gasteiger partial charge in [-0.05, 0) is 63.1 Å². The Morgan fingerprint density at radius 2 is 1.74 bits per heavy atom. The Bertz CT molecular complexity index is 1300. The first-order valence-corrected chi connectivity index (χ1v) is 12.6. The fraction of sp³-hybridized carbons (Fsp3) is 0.320. The number of ether oxygens (including phenoxy) is 1. The molecule has 1 aliphatic heterocycles. The molecule has 0 amide bonds. The molecule has 8 nitrogen and oxygen atoms in total. The Hall–Kier alpha value is -3.64. The SMILES string of the molecule is CC(C)N1c2cc(Oc3ncccn3)ccc2C(C#N)C1c1ccc(NS(=O)(=O)C(C)C)cc1. The Morgan fingerprint density at radius 1 is 1.06 bits per heavy atom. The number of rotatable bonds is 7. The van der Waals surface area contributed by atoms with Crippen LogP contribution in [0.5, 0.6) is 11.8 Å². The number of hydrogen-bond donors (Lipinski definition) is 1. The molecule has 0 saturated carbocycles. The van der Waals surface area contributed by atoms with Crippen molar-refractivity contribution >= 4 is 21.4 Å². The summed E-state index contributed by atoms with van der Waals surface area (Å²) in [6.45, 7) is 7.42. The van der Waals surface area contributed by atoms with Gasteiger partial charge in [0.05, 0.1) is 23.3 Å². The van der Waals surface area contributed by atoms with Crippen molar-refractivity contribution in [3.8, 4) is 17.8 Å². The van der Waals surface area contributed by atoms with Gasteiger partial charge < -0.3 is 9.64 Å². The van der Waals surface area contributed by atoms with Crippen LogP contribution in [0, 0.1) is 11.3 Å². The number of nitrogens with zero attached hydrogens (tertiary/aromatic N) is 4. The average Bonchev–Trinajstić information content (AvgIpc) is 3.13. The predicted octanol–water partition coefficient (Wildman–Crippen LogP) is 5.00. The first-order chi connectivity index (χ1) is 16.2. The van der Waals surface area contributed by atoms with Crippen LogP contribution >= 0.6 is 0 Å². The summed E-state index contributed by atoms with van der Waals surface area (Å²) in [5.41, 5.74) is 3.27. The van der Waals surface area contributed by atoms with Crippen molar-refractivity contribution in [1.82, 2.24) is 9.97 Å². The number of aromatic nitrogens is 2. The van der Waals surface area contributed by atoms with E-state index >= 15 is 0 Å². The van der Waals surface area contributed by atoms with Crippen molar-refractivity contribution in [2.45, 2.75) is 50.9 Å². The van der Waals surface area contributed by atoms with Gasteiger partial charge in [0, 0.05) is 35.9 Å². The number of fused-ring (bicyclic) bond motifs is 1. The van der Waals surface area contributed by atoms with Gasteiger partial charge in [0.15, 0.2) is 0 Å². The molecule has 0 fully saturated rings. The van der Waals surface area contributed by atoms with Crippen LogP contribution in [0.4, 0.5) is 11.4 Å². The van der Waals surface area contributed by atoms with E-state index in [1.54, 1.807) is 44.4 Å². The quantitative estimate of drug-likeness (QED) is 0.510. The Labute approximate surface area is 200 Å². The molecular formula is C25H27N5O3S. The minimum atomic E-state index is -3.43. The zero-order valence-electron chi connectivity index (χ0n) is 19.5. The zero-order chi connectivity index (χ0) is 24.5.